The highest BCUT2D eigenvalue weighted by atomic mass is 16.5. The largest absolute Gasteiger partial charge is 0.376 e. The highest BCUT2D eigenvalue weighted by Gasteiger charge is 2.24. The van der Waals surface area contributed by atoms with Crippen LogP contribution in [0.2, 0.25) is 0 Å². The van der Waals surface area contributed by atoms with Crippen LogP contribution in [0.15, 0.2) is 59.4 Å². The highest BCUT2D eigenvalue weighted by molar-refractivity contribution is 5.92. The van der Waals surface area contributed by atoms with E-state index >= 15 is 0 Å². The minimum absolute atomic E-state index is 0.0794. The van der Waals surface area contributed by atoms with E-state index in [4.69, 9.17) is 4.74 Å². The van der Waals surface area contributed by atoms with Gasteiger partial charge in [-0.3, -0.25) is 9.59 Å². The Balaban J connectivity index is 1.44. The second-order valence-electron chi connectivity index (χ2n) is 7.61. The van der Waals surface area contributed by atoms with Crippen LogP contribution in [0, 0.1) is 0 Å². The van der Waals surface area contributed by atoms with Gasteiger partial charge in [0.05, 0.1) is 30.1 Å². The summed E-state index contributed by atoms with van der Waals surface area (Å²) in [5, 5.41) is 5.76. The normalized spacial score (nSPS) is 15.4. The number of aromatic amines is 1. The van der Waals surface area contributed by atoms with Gasteiger partial charge in [0.2, 0.25) is 5.91 Å². The zero-order valence-electron chi connectivity index (χ0n) is 17.5. The molecule has 1 unspecified atom stereocenters. The molecule has 1 aliphatic heterocycles. The average molecular weight is 435 g/mol. The summed E-state index contributed by atoms with van der Waals surface area (Å²) in [5.74, 6) is 0.0910. The van der Waals surface area contributed by atoms with Crippen LogP contribution >= 0.6 is 0 Å². The first-order valence-corrected chi connectivity index (χ1v) is 10.6. The second kappa shape index (κ2) is 10.1. The Bertz CT molecular complexity index is 1140. The van der Waals surface area contributed by atoms with Crippen molar-refractivity contribution in [2.24, 2.45) is 0 Å². The number of hydrogen-bond donors (Lipinski definition) is 3. The number of carbonyl (C=O) groups excluding carboxylic acids is 2. The van der Waals surface area contributed by atoms with Gasteiger partial charge in [0.1, 0.15) is 5.82 Å². The first-order valence-electron chi connectivity index (χ1n) is 10.6. The van der Waals surface area contributed by atoms with Crippen molar-refractivity contribution in [3.8, 4) is 0 Å². The van der Waals surface area contributed by atoms with Gasteiger partial charge in [-0.1, -0.05) is 30.3 Å². The number of para-hydroxylation sites is 2. The number of nitrogens with zero attached hydrogens (tertiary/aromatic N) is 2. The molecule has 3 aromatic rings. The molecule has 2 heterocycles. The third-order valence-corrected chi connectivity index (χ3v) is 5.24. The van der Waals surface area contributed by atoms with Crippen LogP contribution in [-0.4, -0.2) is 52.6 Å². The van der Waals surface area contributed by atoms with Crippen molar-refractivity contribution in [2.75, 3.05) is 25.0 Å². The summed E-state index contributed by atoms with van der Waals surface area (Å²) in [7, 11) is 0. The lowest BCUT2D eigenvalue weighted by molar-refractivity contribution is -0.132. The van der Waals surface area contributed by atoms with Crippen LogP contribution < -0.4 is 16.2 Å². The molecule has 2 aromatic carbocycles. The first-order chi connectivity index (χ1) is 15.6. The Morgan fingerprint density at radius 3 is 2.69 bits per heavy atom. The molecule has 9 nitrogen and oxygen atoms in total. The molecule has 1 aromatic heterocycles. The summed E-state index contributed by atoms with van der Waals surface area (Å²) in [4.78, 5) is 46.3. The summed E-state index contributed by atoms with van der Waals surface area (Å²) in [6.45, 7) is 0.941. The van der Waals surface area contributed by atoms with E-state index in [9.17, 15) is 14.4 Å². The Labute approximate surface area is 184 Å². The fraction of sp³-hybridized carbons (Fsp3) is 0.304. The van der Waals surface area contributed by atoms with Crippen molar-refractivity contribution >= 4 is 28.5 Å². The molecule has 166 valence electrons. The van der Waals surface area contributed by atoms with E-state index in [2.05, 4.69) is 20.6 Å². The maximum absolute atomic E-state index is 12.9. The van der Waals surface area contributed by atoms with Crippen LogP contribution in [0.5, 0.6) is 0 Å². The van der Waals surface area contributed by atoms with Crippen molar-refractivity contribution in [1.29, 1.82) is 0 Å². The molecular weight excluding hydrogens is 410 g/mol. The second-order valence-corrected chi connectivity index (χ2v) is 7.61. The topological polar surface area (TPSA) is 116 Å². The zero-order valence-corrected chi connectivity index (χ0v) is 17.5. The minimum atomic E-state index is -0.473. The van der Waals surface area contributed by atoms with Gasteiger partial charge in [-0.25, -0.2) is 9.78 Å². The molecule has 0 aliphatic carbocycles. The molecule has 0 bridgehead atoms. The van der Waals surface area contributed by atoms with Gasteiger partial charge < -0.3 is 25.3 Å². The third kappa shape index (κ3) is 5.50. The number of benzene rings is 2. The van der Waals surface area contributed by atoms with Crippen LogP contribution in [0.4, 0.5) is 10.5 Å². The van der Waals surface area contributed by atoms with E-state index in [0.29, 0.717) is 35.6 Å². The lowest BCUT2D eigenvalue weighted by Gasteiger charge is -2.25. The number of carbonyl (C=O) groups is 2. The van der Waals surface area contributed by atoms with Crippen LogP contribution in [0.25, 0.3) is 10.9 Å². The van der Waals surface area contributed by atoms with E-state index in [-0.39, 0.29) is 30.7 Å². The number of ether oxygens (including phenoxy) is 1. The first kappa shape index (κ1) is 21.5. The van der Waals surface area contributed by atoms with Gasteiger partial charge >= 0.3 is 6.03 Å². The number of rotatable bonds is 7. The van der Waals surface area contributed by atoms with E-state index in [1.807, 2.05) is 12.1 Å². The minimum Gasteiger partial charge on any atom is -0.376 e. The average Bonchev–Trinajstić information content (AvgIpc) is 3.31. The van der Waals surface area contributed by atoms with Crippen molar-refractivity contribution in [1.82, 2.24) is 20.2 Å². The number of hydrogen-bond acceptors (Lipinski definition) is 5. The molecule has 9 heteroatoms. The Morgan fingerprint density at radius 1 is 1.12 bits per heavy atom. The fourth-order valence-corrected chi connectivity index (χ4v) is 3.64. The van der Waals surface area contributed by atoms with Crippen molar-refractivity contribution in [3.05, 3.63) is 70.8 Å². The monoisotopic (exact) mass is 435 g/mol. The molecule has 0 radical (unpaired) electrons. The maximum atomic E-state index is 12.9. The number of nitrogens with one attached hydrogen (secondary N) is 3. The van der Waals surface area contributed by atoms with Crippen molar-refractivity contribution in [3.63, 3.8) is 0 Å². The molecule has 3 amide bonds. The number of amides is 3. The molecule has 1 saturated heterocycles. The Kier molecular flexibility index (Phi) is 6.76. The summed E-state index contributed by atoms with van der Waals surface area (Å²) in [6.07, 6.45) is 1.72. The van der Waals surface area contributed by atoms with E-state index in [1.165, 1.54) is 0 Å². The van der Waals surface area contributed by atoms with Crippen molar-refractivity contribution in [2.45, 2.75) is 25.5 Å². The number of H-pyrrole nitrogens is 1. The van der Waals surface area contributed by atoms with Gasteiger partial charge in [0.15, 0.2) is 0 Å². The number of urea groups is 1. The third-order valence-electron chi connectivity index (χ3n) is 5.24. The smallest absolute Gasteiger partial charge is 0.319 e. The van der Waals surface area contributed by atoms with Gasteiger partial charge in [-0.05, 0) is 37.1 Å². The lowest BCUT2D eigenvalue weighted by Crippen LogP contribution is -2.44. The van der Waals surface area contributed by atoms with Gasteiger partial charge in [-0.15, -0.1) is 0 Å². The van der Waals surface area contributed by atoms with E-state index < -0.39 is 6.03 Å². The predicted molar refractivity (Wildman–Crippen MR) is 120 cm³/mol. The molecule has 0 spiro atoms. The molecule has 32 heavy (non-hydrogen) atoms. The molecule has 1 atom stereocenters. The quantitative estimate of drug-likeness (QED) is 0.526. The lowest BCUT2D eigenvalue weighted by atomic mass is 10.2. The SMILES string of the molecule is O=C(NCC(=O)N(Cc1nc2ccccc2c(=O)[nH]1)CC1CCCO1)Nc1ccccc1. The highest BCUT2D eigenvalue weighted by Crippen LogP contribution is 2.15. The maximum Gasteiger partial charge on any atom is 0.319 e. The Hall–Kier alpha value is -3.72. The van der Waals surface area contributed by atoms with Crippen LogP contribution in [0.1, 0.15) is 18.7 Å². The fourth-order valence-electron chi connectivity index (χ4n) is 3.64. The molecule has 1 aliphatic rings. The molecule has 4 rings (SSSR count). The van der Waals surface area contributed by atoms with E-state index in [1.54, 1.807) is 47.4 Å². The molecular formula is C23H25N5O4. The summed E-state index contributed by atoms with van der Waals surface area (Å²) in [6, 6.07) is 15.6. The van der Waals surface area contributed by atoms with Gasteiger partial charge in [0.25, 0.3) is 5.56 Å². The van der Waals surface area contributed by atoms with Crippen LogP contribution in [0.3, 0.4) is 0 Å². The predicted octanol–water partition coefficient (Wildman–Crippen LogP) is 2.25. The van der Waals surface area contributed by atoms with Gasteiger partial charge in [-0.2, -0.15) is 0 Å². The summed E-state index contributed by atoms with van der Waals surface area (Å²) >= 11 is 0. The summed E-state index contributed by atoms with van der Waals surface area (Å²) < 4.78 is 5.68. The van der Waals surface area contributed by atoms with Crippen LogP contribution in [-0.2, 0) is 16.1 Å². The van der Waals surface area contributed by atoms with Gasteiger partial charge in [0, 0.05) is 18.8 Å². The number of aromatic nitrogens is 2. The standard InChI is InChI=1S/C23H25N5O4/c29-21(13-24-23(31)25-16-7-2-1-3-8-16)28(14-17-9-6-12-32-17)15-20-26-19-11-5-4-10-18(19)22(30)27-20/h1-5,7-8,10-11,17H,6,9,12-15H2,(H2,24,25,31)(H,26,27,30). The molecule has 1 fully saturated rings. The van der Waals surface area contributed by atoms with Crippen molar-refractivity contribution < 1.29 is 14.3 Å². The number of fused-ring (bicyclic) bond motifs is 1. The zero-order chi connectivity index (χ0) is 22.3. The number of anilines is 1. The molecule has 3 N–H and O–H groups in total. The van der Waals surface area contributed by atoms with E-state index in [0.717, 1.165) is 12.8 Å². The summed E-state index contributed by atoms with van der Waals surface area (Å²) in [5.41, 5.74) is 0.943. The molecule has 0 saturated carbocycles. The Morgan fingerprint density at radius 2 is 1.91 bits per heavy atom.